The van der Waals surface area contributed by atoms with Crippen molar-refractivity contribution < 1.29 is 14.3 Å². The molecule has 154 valence electrons. The molecule has 0 heterocycles. The summed E-state index contributed by atoms with van der Waals surface area (Å²) in [7, 11) is -1.79. The van der Waals surface area contributed by atoms with Crippen molar-refractivity contribution in [3.8, 4) is 11.5 Å². The molecule has 0 unspecified atom stereocenters. The van der Waals surface area contributed by atoms with Crippen LogP contribution in [-0.2, 0) is 9.53 Å². The van der Waals surface area contributed by atoms with Gasteiger partial charge in [0.05, 0.1) is 12.2 Å². The van der Waals surface area contributed by atoms with Gasteiger partial charge in [-0.3, -0.25) is 0 Å². The molecule has 3 nitrogen and oxygen atoms in total. The third-order valence-electron chi connectivity index (χ3n) is 5.68. The number of hydrogen-bond donors (Lipinski definition) is 0. The van der Waals surface area contributed by atoms with Crippen LogP contribution in [0.2, 0.25) is 16.6 Å². The second-order valence-corrected chi connectivity index (χ2v) is 14.0. The summed E-state index contributed by atoms with van der Waals surface area (Å²) in [6, 6.07) is 9.00. The Hall–Kier alpha value is -1.86. The maximum absolute atomic E-state index is 12.0. The van der Waals surface area contributed by atoms with Gasteiger partial charge in [0, 0.05) is 12.3 Å². The number of rotatable bonds is 10. The molecule has 0 saturated heterocycles. The van der Waals surface area contributed by atoms with Gasteiger partial charge in [-0.2, -0.15) is 0 Å². The Labute approximate surface area is 172 Å². The van der Waals surface area contributed by atoms with Crippen LogP contribution in [0.15, 0.2) is 30.3 Å². The Morgan fingerprint density at radius 1 is 1.04 bits per heavy atom. The van der Waals surface area contributed by atoms with Crippen LogP contribution in [0.1, 0.15) is 71.2 Å². The van der Waals surface area contributed by atoms with Crippen LogP contribution < -0.4 is 0 Å². The molecular formula is C24H36O3Si. The molecule has 1 atom stereocenters. The van der Waals surface area contributed by atoms with Gasteiger partial charge in [-0.1, -0.05) is 59.7 Å². The van der Waals surface area contributed by atoms with E-state index in [1.807, 2.05) is 18.2 Å². The van der Waals surface area contributed by atoms with Crippen molar-refractivity contribution in [1.29, 1.82) is 0 Å². The first kappa shape index (κ1) is 24.2. The molecule has 0 N–H and O–H groups in total. The van der Waals surface area contributed by atoms with E-state index in [2.05, 4.69) is 53.0 Å². The van der Waals surface area contributed by atoms with Crippen LogP contribution in [0.3, 0.4) is 0 Å². The van der Waals surface area contributed by atoms with Gasteiger partial charge in [0.2, 0.25) is 0 Å². The highest BCUT2D eigenvalue weighted by Crippen LogP contribution is 2.40. The Morgan fingerprint density at radius 3 is 2.11 bits per heavy atom. The second-order valence-electron chi connectivity index (χ2n) is 8.41. The van der Waals surface area contributed by atoms with Crippen molar-refractivity contribution in [2.45, 2.75) is 77.4 Å². The van der Waals surface area contributed by atoms with E-state index in [4.69, 9.17) is 4.74 Å². The molecule has 0 aliphatic rings. The number of carbonyl (C=O) groups is 2. The lowest BCUT2D eigenvalue weighted by Crippen LogP contribution is -2.43. The summed E-state index contributed by atoms with van der Waals surface area (Å²) in [5.74, 6) is 3.20. The quantitative estimate of drug-likeness (QED) is 0.158. The zero-order valence-electron chi connectivity index (χ0n) is 18.3. The number of carbonyl (C=O) groups excluding carboxylic acids is 2. The molecule has 0 amide bonds. The van der Waals surface area contributed by atoms with E-state index in [-0.39, 0.29) is 11.9 Å². The Kier molecular flexibility index (Phi) is 10.2. The van der Waals surface area contributed by atoms with E-state index in [0.717, 1.165) is 12.7 Å². The first-order valence-corrected chi connectivity index (χ1v) is 12.7. The van der Waals surface area contributed by atoms with Crippen LogP contribution in [0.25, 0.3) is 0 Å². The van der Waals surface area contributed by atoms with E-state index < -0.39 is 8.07 Å². The fourth-order valence-electron chi connectivity index (χ4n) is 4.18. The Bertz CT molecular complexity index is 646. The number of ether oxygens (including phenoxy) is 1. The lowest BCUT2D eigenvalue weighted by atomic mass is 10.0. The normalized spacial score (nSPS) is 12.6. The van der Waals surface area contributed by atoms with Crippen molar-refractivity contribution >= 4 is 20.3 Å². The average Bonchev–Trinajstić information content (AvgIpc) is 2.65. The predicted octanol–water partition coefficient (Wildman–Crippen LogP) is 6.05. The molecule has 0 aliphatic heterocycles. The zero-order valence-corrected chi connectivity index (χ0v) is 19.3. The fraction of sp³-hybridized carbons (Fsp3) is 0.583. The Morgan fingerprint density at radius 2 is 1.61 bits per heavy atom. The average molecular weight is 401 g/mol. The molecule has 1 rings (SSSR count). The maximum atomic E-state index is 12.0. The number of hydrogen-bond acceptors (Lipinski definition) is 3. The molecule has 28 heavy (non-hydrogen) atoms. The molecule has 4 heteroatoms. The highest BCUT2D eigenvalue weighted by Gasteiger charge is 2.41. The van der Waals surface area contributed by atoms with Crippen molar-refractivity contribution in [1.82, 2.24) is 0 Å². The molecule has 0 saturated carbocycles. The topological polar surface area (TPSA) is 43.4 Å². The predicted molar refractivity (Wildman–Crippen MR) is 119 cm³/mol. The molecule has 0 radical (unpaired) electrons. The van der Waals surface area contributed by atoms with E-state index in [9.17, 15) is 9.59 Å². The minimum atomic E-state index is -1.79. The van der Waals surface area contributed by atoms with Crippen LogP contribution in [-0.4, -0.2) is 26.9 Å². The highest BCUT2D eigenvalue weighted by molar-refractivity contribution is 6.90. The summed E-state index contributed by atoms with van der Waals surface area (Å²) in [5, 5.41) is 0. The lowest BCUT2D eigenvalue weighted by molar-refractivity contribution is -0.108. The smallest absolute Gasteiger partial charge is 0.338 e. The third kappa shape index (κ3) is 6.63. The minimum Gasteiger partial charge on any atom is -0.462 e. The number of benzene rings is 1. The Balaban J connectivity index is 2.72. The first-order valence-electron chi connectivity index (χ1n) is 10.4. The fourth-order valence-corrected chi connectivity index (χ4v) is 9.50. The van der Waals surface area contributed by atoms with Gasteiger partial charge in [-0.25, -0.2) is 4.79 Å². The standard InChI is InChI=1S/C24H36O3Si/c1-19(2)28(20(3)4,21(5)6)18-15-22(14-16-25)11-10-17-27-24(26)23-12-8-7-9-13-23/h7-9,12-13,16,19-22H,10-11,14,17H2,1-6H3/t22-/m0/s1. The minimum absolute atomic E-state index is 0.0380. The molecule has 0 spiro atoms. The third-order valence-corrected chi connectivity index (χ3v) is 12.0. The second kappa shape index (κ2) is 11.9. The van der Waals surface area contributed by atoms with Crippen molar-refractivity contribution in [2.24, 2.45) is 5.92 Å². The largest absolute Gasteiger partial charge is 0.462 e. The molecule has 0 aromatic heterocycles. The van der Waals surface area contributed by atoms with Gasteiger partial charge in [0.25, 0.3) is 0 Å². The van der Waals surface area contributed by atoms with E-state index in [1.54, 1.807) is 12.1 Å². The van der Waals surface area contributed by atoms with Gasteiger partial charge in [0.1, 0.15) is 14.4 Å². The maximum Gasteiger partial charge on any atom is 0.338 e. The molecular weight excluding hydrogens is 364 g/mol. The van der Waals surface area contributed by atoms with Crippen LogP contribution >= 0.6 is 0 Å². The van der Waals surface area contributed by atoms with Crippen LogP contribution in [0.5, 0.6) is 0 Å². The monoisotopic (exact) mass is 400 g/mol. The highest BCUT2D eigenvalue weighted by atomic mass is 28.3. The summed E-state index contributed by atoms with van der Waals surface area (Å²) in [5.41, 5.74) is 6.00. The van der Waals surface area contributed by atoms with Gasteiger partial charge >= 0.3 is 5.97 Å². The number of esters is 1. The summed E-state index contributed by atoms with van der Waals surface area (Å²) < 4.78 is 5.35. The van der Waals surface area contributed by atoms with Gasteiger partial charge in [-0.15, -0.1) is 11.5 Å². The van der Waals surface area contributed by atoms with Crippen LogP contribution in [0, 0.1) is 17.4 Å². The first-order chi connectivity index (χ1) is 13.3. The number of aldehydes is 1. The summed E-state index contributed by atoms with van der Waals surface area (Å²) in [4.78, 5) is 23.1. The van der Waals surface area contributed by atoms with E-state index in [1.165, 1.54) is 0 Å². The van der Waals surface area contributed by atoms with Crippen LogP contribution in [0.4, 0.5) is 0 Å². The van der Waals surface area contributed by atoms with E-state index >= 15 is 0 Å². The zero-order chi connectivity index (χ0) is 21.2. The molecule has 1 aromatic carbocycles. The summed E-state index contributed by atoms with van der Waals surface area (Å²) in [6.07, 6.45) is 2.88. The van der Waals surface area contributed by atoms with Gasteiger partial charge < -0.3 is 9.53 Å². The molecule has 0 fully saturated rings. The molecule has 1 aromatic rings. The summed E-state index contributed by atoms with van der Waals surface area (Å²) >= 11 is 0. The van der Waals surface area contributed by atoms with Crippen molar-refractivity contribution in [2.75, 3.05) is 6.61 Å². The summed E-state index contributed by atoms with van der Waals surface area (Å²) in [6.45, 7) is 14.1. The SMILES string of the molecule is CC(C)[Si](C#C[C@H](CC=O)CCCOC(=O)c1ccccc1)(C(C)C)C(C)C. The van der Waals surface area contributed by atoms with Gasteiger partial charge in [-0.05, 0) is 41.6 Å². The molecule has 0 bridgehead atoms. The van der Waals surface area contributed by atoms with Crippen molar-refractivity contribution in [3.63, 3.8) is 0 Å². The van der Waals surface area contributed by atoms with Crippen molar-refractivity contribution in [3.05, 3.63) is 35.9 Å². The van der Waals surface area contributed by atoms with E-state index in [0.29, 0.717) is 41.6 Å². The molecule has 0 aliphatic carbocycles. The van der Waals surface area contributed by atoms with Gasteiger partial charge in [0.15, 0.2) is 0 Å². The lowest BCUT2D eigenvalue weighted by Gasteiger charge is -2.38.